The second-order valence-corrected chi connectivity index (χ2v) is 5.52. The number of hydrogen-bond acceptors (Lipinski definition) is 2. The second-order valence-electron chi connectivity index (χ2n) is 3.75. The number of halogens is 1. The van der Waals surface area contributed by atoms with Crippen molar-refractivity contribution in [2.24, 2.45) is 0 Å². The van der Waals surface area contributed by atoms with Gasteiger partial charge in [0.15, 0.2) is 0 Å². The summed E-state index contributed by atoms with van der Waals surface area (Å²) in [6, 6.07) is 7.82. The van der Waals surface area contributed by atoms with Crippen LogP contribution in [0.3, 0.4) is 0 Å². The van der Waals surface area contributed by atoms with Crippen LogP contribution < -0.4 is 0 Å². The molecule has 1 heterocycles. The van der Waals surface area contributed by atoms with Gasteiger partial charge in [-0.05, 0) is 46.8 Å². The Balaban J connectivity index is 2.46. The van der Waals surface area contributed by atoms with E-state index in [0.717, 1.165) is 20.5 Å². The fraction of sp³-hybridized carbons (Fsp3) is 0.154. The smallest absolute Gasteiger partial charge is 0.204 e. The van der Waals surface area contributed by atoms with E-state index in [-0.39, 0.29) is 5.78 Å². The summed E-state index contributed by atoms with van der Waals surface area (Å²) in [6.45, 7) is 4.00. The van der Waals surface area contributed by atoms with Crippen molar-refractivity contribution in [1.29, 1.82) is 0 Å². The summed E-state index contributed by atoms with van der Waals surface area (Å²) in [7, 11) is 0. The van der Waals surface area contributed by atoms with E-state index in [1.165, 1.54) is 16.9 Å². The lowest BCUT2D eigenvalue weighted by molar-refractivity contribution is 0.104. The maximum Gasteiger partial charge on any atom is 0.204 e. The van der Waals surface area contributed by atoms with Crippen molar-refractivity contribution in [2.75, 3.05) is 0 Å². The molecule has 0 saturated heterocycles. The normalized spacial score (nSPS) is 10.4. The van der Waals surface area contributed by atoms with Gasteiger partial charge >= 0.3 is 0 Å². The van der Waals surface area contributed by atoms with Crippen molar-refractivity contribution >= 4 is 33.0 Å². The standard InChI is InChI=1S/C13H11BrOS/c1-8-3-4-10(9(2)7-8)12(15)13-11(14)5-6-16-13/h3-7H,1-2H3. The van der Waals surface area contributed by atoms with Gasteiger partial charge in [-0.15, -0.1) is 11.3 Å². The van der Waals surface area contributed by atoms with Gasteiger partial charge in [0.1, 0.15) is 0 Å². The third-order valence-electron chi connectivity index (χ3n) is 2.45. The molecule has 2 aromatic rings. The lowest BCUT2D eigenvalue weighted by atomic mass is 10.0. The predicted octanol–water partition coefficient (Wildman–Crippen LogP) is 4.36. The first kappa shape index (κ1) is 11.6. The van der Waals surface area contributed by atoms with Crippen molar-refractivity contribution in [3.8, 4) is 0 Å². The van der Waals surface area contributed by atoms with Crippen LogP contribution in [0.4, 0.5) is 0 Å². The molecule has 0 radical (unpaired) electrons. The van der Waals surface area contributed by atoms with Crippen molar-refractivity contribution in [1.82, 2.24) is 0 Å². The SMILES string of the molecule is Cc1ccc(C(=O)c2sccc2Br)c(C)c1. The van der Waals surface area contributed by atoms with Crippen LogP contribution in [0.15, 0.2) is 34.1 Å². The molecule has 82 valence electrons. The molecule has 3 heteroatoms. The average Bonchev–Trinajstić information content (AvgIpc) is 2.63. The number of benzene rings is 1. The van der Waals surface area contributed by atoms with E-state index in [0.29, 0.717) is 0 Å². The molecular weight excluding hydrogens is 284 g/mol. The third kappa shape index (κ3) is 2.11. The van der Waals surface area contributed by atoms with Gasteiger partial charge in [-0.1, -0.05) is 23.8 Å². The maximum absolute atomic E-state index is 12.2. The van der Waals surface area contributed by atoms with Crippen LogP contribution in [-0.2, 0) is 0 Å². The summed E-state index contributed by atoms with van der Waals surface area (Å²) in [4.78, 5) is 13.0. The van der Waals surface area contributed by atoms with Crippen molar-refractivity contribution < 1.29 is 4.79 Å². The van der Waals surface area contributed by atoms with Gasteiger partial charge in [0.2, 0.25) is 5.78 Å². The number of carbonyl (C=O) groups excluding carboxylic acids is 1. The molecule has 1 aromatic carbocycles. The largest absolute Gasteiger partial charge is 0.288 e. The number of aryl methyl sites for hydroxylation is 2. The van der Waals surface area contributed by atoms with E-state index in [9.17, 15) is 4.79 Å². The molecule has 1 aromatic heterocycles. The first-order valence-electron chi connectivity index (χ1n) is 4.94. The van der Waals surface area contributed by atoms with E-state index < -0.39 is 0 Å². The van der Waals surface area contributed by atoms with Crippen LogP contribution in [-0.4, -0.2) is 5.78 Å². The minimum Gasteiger partial charge on any atom is -0.288 e. The van der Waals surface area contributed by atoms with E-state index in [4.69, 9.17) is 0 Å². The average molecular weight is 295 g/mol. The Morgan fingerprint density at radius 1 is 1.25 bits per heavy atom. The first-order valence-corrected chi connectivity index (χ1v) is 6.62. The van der Waals surface area contributed by atoms with E-state index in [1.54, 1.807) is 0 Å². The van der Waals surface area contributed by atoms with E-state index in [2.05, 4.69) is 15.9 Å². The van der Waals surface area contributed by atoms with Gasteiger partial charge < -0.3 is 0 Å². The van der Waals surface area contributed by atoms with E-state index in [1.807, 2.05) is 43.5 Å². The maximum atomic E-state index is 12.2. The number of thiophene rings is 1. The summed E-state index contributed by atoms with van der Waals surface area (Å²) in [5, 5.41) is 1.92. The Kier molecular flexibility index (Phi) is 3.26. The zero-order valence-electron chi connectivity index (χ0n) is 9.08. The lowest BCUT2D eigenvalue weighted by Crippen LogP contribution is -2.02. The Morgan fingerprint density at radius 3 is 2.56 bits per heavy atom. The highest BCUT2D eigenvalue weighted by molar-refractivity contribution is 9.10. The molecule has 0 unspecified atom stereocenters. The first-order chi connectivity index (χ1) is 7.59. The molecule has 0 atom stereocenters. The highest BCUT2D eigenvalue weighted by Gasteiger charge is 2.15. The Morgan fingerprint density at radius 2 is 2.00 bits per heavy atom. The number of rotatable bonds is 2. The van der Waals surface area contributed by atoms with Crippen LogP contribution in [0.1, 0.15) is 26.4 Å². The Hall–Kier alpha value is -0.930. The van der Waals surface area contributed by atoms with Crippen LogP contribution in [0, 0.1) is 13.8 Å². The zero-order valence-corrected chi connectivity index (χ0v) is 11.5. The molecule has 0 aliphatic heterocycles. The molecule has 1 nitrogen and oxygen atoms in total. The fourth-order valence-electron chi connectivity index (χ4n) is 1.65. The molecule has 0 fully saturated rings. The van der Waals surface area contributed by atoms with Crippen LogP contribution in [0.5, 0.6) is 0 Å². The topological polar surface area (TPSA) is 17.1 Å². The van der Waals surface area contributed by atoms with Gasteiger partial charge in [-0.25, -0.2) is 0 Å². The molecule has 16 heavy (non-hydrogen) atoms. The summed E-state index contributed by atoms with van der Waals surface area (Å²) >= 11 is 4.86. The number of ketones is 1. The molecule has 0 aliphatic carbocycles. The Bertz CT molecular complexity index is 543. The summed E-state index contributed by atoms with van der Waals surface area (Å²) in [6.07, 6.45) is 0. The number of carbonyl (C=O) groups is 1. The summed E-state index contributed by atoms with van der Waals surface area (Å²) < 4.78 is 0.877. The molecule has 0 N–H and O–H groups in total. The lowest BCUT2D eigenvalue weighted by Gasteiger charge is -2.04. The van der Waals surface area contributed by atoms with Gasteiger partial charge in [0.05, 0.1) is 4.88 Å². The molecule has 0 aliphatic rings. The quantitative estimate of drug-likeness (QED) is 0.752. The third-order valence-corrected chi connectivity index (χ3v) is 4.29. The van der Waals surface area contributed by atoms with Crippen LogP contribution in [0.2, 0.25) is 0 Å². The highest BCUT2D eigenvalue weighted by Crippen LogP contribution is 2.26. The van der Waals surface area contributed by atoms with Crippen molar-refractivity contribution in [3.63, 3.8) is 0 Å². The monoisotopic (exact) mass is 294 g/mol. The molecule has 0 saturated carbocycles. The molecule has 0 bridgehead atoms. The van der Waals surface area contributed by atoms with Gasteiger partial charge in [0.25, 0.3) is 0 Å². The van der Waals surface area contributed by atoms with Gasteiger partial charge in [-0.2, -0.15) is 0 Å². The zero-order chi connectivity index (χ0) is 11.7. The summed E-state index contributed by atoms with van der Waals surface area (Å²) in [5.41, 5.74) is 3.00. The minimum atomic E-state index is 0.0966. The molecule has 2 rings (SSSR count). The van der Waals surface area contributed by atoms with Gasteiger partial charge in [-0.3, -0.25) is 4.79 Å². The summed E-state index contributed by atoms with van der Waals surface area (Å²) in [5.74, 6) is 0.0966. The molecule has 0 spiro atoms. The van der Waals surface area contributed by atoms with Crippen LogP contribution >= 0.6 is 27.3 Å². The minimum absolute atomic E-state index is 0.0966. The van der Waals surface area contributed by atoms with Crippen molar-refractivity contribution in [3.05, 3.63) is 55.7 Å². The van der Waals surface area contributed by atoms with Crippen LogP contribution in [0.25, 0.3) is 0 Å². The highest BCUT2D eigenvalue weighted by atomic mass is 79.9. The van der Waals surface area contributed by atoms with Crippen molar-refractivity contribution in [2.45, 2.75) is 13.8 Å². The molecular formula is C13H11BrOS. The number of hydrogen-bond donors (Lipinski definition) is 0. The second kappa shape index (κ2) is 4.52. The molecule has 0 amide bonds. The van der Waals surface area contributed by atoms with E-state index >= 15 is 0 Å². The van der Waals surface area contributed by atoms with Gasteiger partial charge in [0, 0.05) is 10.0 Å². The Labute approximate surface area is 107 Å². The fourth-order valence-corrected chi connectivity index (χ4v) is 3.15. The predicted molar refractivity (Wildman–Crippen MR) is 71.4 cm³/mol.